The molecule has 1 heterocycles. The maximum Gasteiger partial charge on any atom is 0.244 e. The summed E-state index contributed by atoms with van der Waals surface area (Å²) in [6, 6.07) is 5.87. The molecule has 0 aromatic heterocycles. The second kappa shape index (κ2) is 6.39. The summed E-state index contributed by atoms with van der Waals surface area (Å²) in [4.78, 5) is 16.4. The molecule has 104 valence electrons. The van der Waals surface area contributed by atoms with Crippen LogP contribution in [-0.2, 0) is 4.79 Å². The maximum atomic E-state index is 13.0. The molecule has 0 saturated carbocycles. The summed E-state index contributed by atoms with van der Waals surface area (Å²) < 4.78 is 13.0. The summed E-state index contributed by atoms with van der Waals surface area (Å²) in [6.07, 6.45) is 0. The van der Waals surface area contributed by atoms with Gasteiger partial charge in [-0.05, 0) is 31.8 Å². The molecule has 0 aliphatic carbocycles. The lowest BCUT2D eigenvalue weighted by Crippen LogP contribution is -2.44. The normalized spacial score (nSPS) is 17.6. The molecule has 1 saturated heterocycles. The van der Waals surface area contributed by atoms with Crippen molar-refractivity contribution in [2.24, 2.45) is 0 Å². The van der Waals surface area contributed by atoms with E-state index in [1.165, 1.54) is 12.1 Å². The van der Waals surface area contributed by atoms with E-state index in [-0.39, 0.29) is 17.8 Å². The Balaban J connectivity index is 2.19. The Hall–Kier alpha value is -1.07. The summed E-state index contributed by atoms with van der Waals surface area (Å²) in [5, 5.41) is 0. The van der Waals surface area contributed by atoms with Crippen LogP contribution in [0.2, 0.25) is 0 Å². The van der Waals surface area contributed by atoms with Crippen molar-refractivity contribution in [1.29, 1.82) is 0 Å². The molecule has 2 rings (SSSR count). The van der Waals surface area contributed by atoms with Gasteiger partial charge in [0.25, 0.3) is 0 Å². The Kier molecular flexibility index (Phi) is 4.82. The van der Waals surface area contributed by atoms with Gasteiger partial charge in [0.05, 0.1) is 0 Å². The fraction of sp³-hybridized carbons (Fsp3) is 0.500. The highest BCUT2D eigenvalue weighted by molar-refractivity contribution is 7.99. The number of thioether (sulfide) groups is 1. The first-order valence-electron chi connectivity index (χ1n) is 6.38. The highest BCUT2D eigenvalue weighted by Gasteiger charge is 2.28. The molecule has 5 heteroatoms. The van der Waals surface area contributed by atoms with Crippen LogP contribution in [-0.4, -0.2) is 54.4 Å². The minimum atomic E-state index is -0.330. The number of hydrogen-bond acceptors (Lipinski definition) is 3. The van der Waals surface area contributed by atoms with E-state index in [9.17, 15) is 9.18 Å². The Bertz CT molecular complexity index is 430. The molecule has 1 fully saturated rings. The number of amides is 1. The van der Waals surface area contributed by atoms with Gasteiger partial charge in [0.15, 0.2) is 0 Å². The van der Waals surface area contributed by atoms with Gasteiger partial charge in [0, 0.05) is 24.6 Å². The summed E-state index contributed by atoms with van der Waals surface area (Å²) in [6.45, 7) is 1.60. The molecule has 3 nitrogen and oxygen atoms in total. The van der Waals surface area contributed by atoms with E-state index in [0.29, 0.717) is 0 Å². The zero-order valence-electron chi connectivity index (χ0n) is 11.3. The molecule has 1 amide bonds. The largest absolute Gasteiger partial charge is 0.339 e. The van der Waals surface area contributed by atoms with Crippen molar-refractivity contribution in [3.8, 4) is 0 Å². The summed E-state index contributed by atoms with van der Waals surface area (Å²) in [7, 11) is 3.76. The Morgan fingerprint density at radius 1 is 1.26 bits per heavy atom. The number of likely N-dealkylation sites (N-methyl/N-ethyl adjacent to an activating group) is 1. The Labute approximate surface area is 117 Å². The number of benzene rings is 1. The topological polar surface area (TPSA) is 23.6 Å². The third-order valence-electron chi connectivity index (χ3n) is 3.26. The van der Waals surface area contributed by atoms with Crippen LogP contribution >= 0.6 is 11.8 Å². The fourth-order valence-corrected chi connectivity index (χ4v) is 3.17. The molecule has 1 atom stereocenters. The second-order valence-corrected chi connectivity index (χ2v) is 6.08. The van der Waals surface area contributed by atoms with Crippen molar-refractivity contribution in [3.63, 3.8) is 0 Å². The van der Waals surface area contributed by atoms with Crippen molar-refractivity contribution < 1.29 is 9.18 Å². The average molecular weight is 282 g/mol. The molecule has 1 aliphatic rings. The number of carbonyl (C=O) groups excluding carboxylic acids is 1. The first-order valence-corrected chi connectivity index (χ1v) is 7.53. The van der Waals surface area contributed by atoms with Crippen LogP contribution in [0.5, 0.6) is 0 Å². The van der Waals surface area contributed by atoms with Crippen LogP contribution in [0.4, 0.5) is 4.39 Å². The zero-order valence-corrected chi connectivity index (χ0v) is 12.1. The molecule has 1 aliphatic heterocycles. The summed E-state index contributed by atoms with van der Waals surface area (Å²) in [5.41, 5.74) is 0.842. The van der Waals surface area contributed by atoms with Gasteiger partial charge in [0.2, 0.25) is 5.91 Å². The molecule has 1 unspecified atom stereocenters. The zero-order chi connectivity index (χ0) is 13.8. The lowest BCUT2D eigenvalue weighted by atomic mass is 10.0. The average Bonchev–Trinajstić information content (AvgIpc) is 2.42. The molecule has 19 heavy (non-hydrogen) atoms. The maximum absolute atomic E-state index is 13.0. The molecule has 0 spiro atoms. The molecule has 0 radical (unpaired) electrons. The van der Waals surface area contributed by atoms with Gasteiger partial charge in [-0.3, -0.25) is 9.69 Å². The second-order valence-electron chi connectivity index (χ2n) is 4.86. The highest BCUT2D eigenvalue weighted by atomic mass is 32.2. The van der Waals surface area contributed by atoms with Crippen molar-refractivity contribution in [2.75, 3.05) is 38.7 Å². The van der Waals surface area contributed by atoms with Crippen LogP contribution in [0.3, 0.4) is 0 Å². The lowest BCUT2D eigenvalue weighted by molar-refractivity contribution is -0.136. The van der Waals surface area contributed by atoms with E-state index in [1.807, 2.05) is 35.7 Å². The Morgan fingerprint density at radius 3 is 2.37 bits per heavy atom. The molecular weight excluding hydrogens is 263 g/mol. The van der Waals surface area contributed by atoms with Crippen LogP contribution in [0.25, 0.3) is 0 Å². The minimum Gasteiger partial charge on any atom is -0.339 e. The first-order chi connectivity index (χ1) is 9.09. The Morgan fingerprint density at radius 2 is 1.84 bits per heavy atom. The standard InChI is InChI=1S/C14H19FN2OS/c1-16(2)13(11-3-5-12(15)6-4-11)14(18)17-7-9-19-10-8-17/h3-6,13H,7-10H2,1-2H3. The number of carbonyl (C=O) groups is 1. The van der Waals surface area contributed by atoms with E-state index in [4.69, 9.17) is 0 Å². The monoisotopic (exact) mass is 282 g/mol. The van der Waals surface area contributed by atoms with Crippen molar-refractivity contribution in [1.82, 2.24) is 9.80 Å². The molecule has 0 N–H and O–H groups in total. The third-order valence-corrected chi connectivity index (χ3v) is 4.20. The number of rotatable bonds is 3. The summed E-state index contributed by atoms with van der Waals surface area (Å²) in [5.74, 6) is 1.82. The quantitative estimate of drug-likeness (QED) is 0.847. The number of halogens is 1. The van der Waals surface area contributed by atoms with Crippen molar-refractivity contribution in [2.45, 2.75) is 6.04 Å². The third kappa shape index (κ3) is 3.48. The van der Waals surface area contributed by atoms with Crippen molar-refractivity contribution in [3.05, 3.63) is 35.6 Å². The van der Waals surface area contributed by atoms with E-state index in [1.54, 1.807) is 12.1 Å². The van der Waals surface area contributed by atoms with E-state index in [2.05, 4.69) is 0 Å². The fourth-order valence-electron chi connectivity index (χ4n) is 2.26. The molecule has 0 bridgehead atoms. The van der Waals surface area contributed by atoms with Gasteiger partial charge in [-0.2, -0.15) is 11.8 Å². The van der Waals surface area contributed by atoms with Crippen molar-refractivity contribution >= 4 is 17.7 Å². The summed E-state index contributed by atoms with van der Waals surface area (Å²) >= 11 is 1.88. The number of hydrogen-bond donors (Lipinski definition) is 0. The molecular formula is C14H19FN2OS. The SMILES string of the molecule is CN(C)C(C(=O)N1CCSCC1)c1ccc(F)cc1. The van der Waals surface area contributed by atoms with E-state index < -0.39 is 0 Å². The number of nitrogens with zero attached hydrogens (tertiary/aromatic N) is 2. The molecule has 1 aromatic carbocycles. The smallest absolute Gasteiger partial charge is 0.244 e. The first kappa shape index (κ1) is 14.3. The van der Waals surface area contributed by atoms with Gasteiger partial charge < -0.3 is 4.90 Å². The van der Waals surface area contributed by atoms with Gasteiger partial charge in [-0.15, -0.1) is 0 Å². The van der Waals surface area contributed by atoms with Crippen LogP contribution in [0, 0.1) is 5.82 Å². The van der Waals surface area contributed by atoms with Gasteiger partial charge in [-0.1, -0.05) is 12.1 Å². The van der Waals surface area contributed by atoms with Gasteiger partial charge in [0.1, 0.15) is 11.9 Å². The van der Waals surface area contributed by atoms with Crippen LogP contribution in [0.1, 0.15) is 11.6 Å². The lowest BCUT2D eigenvalue weighted by Gasteiger charge is -2.33. The minimum absolute atomic E-state index is 0.108. The highest BCUT2D eigenvalue weighted by Crippen LogP contribution is 2.23. The predicted octanol–water partition coefficient (Wildman–Crippen LogP) is 2.00. The van der Waals surface area contributed by atoms with E-state index >= 15 is 0 Å². The van der Waals surface area contributed by atoms with Crippen LogP contribution < -0.4 is 0 Å². The van der Waals surface area contributed by atoms with Gasteiger partial charge >= 0.3 is 0 Å². The van der Waals surface area contributed by atoms with E-state index in [0.717, 1.165) is 30.2 Å². The molecule has 1 aromatic rings. The van der Waals surface area contributed by atoms with Crippen LogP contribution in [0.15, 0.2) is 24.3 Å². The van der Waals surface area contributed by atoms with Gasteiger partial charge in [-0.25, -0.2) is 4.39 Å². The predicted molar refractivity (Wildman–Crippen MR) is 76.7 cm³/mol.